The van der Waals surface area contributed by atoms with Crippen molar-refractivity contribution in [3.8, 4) is 6.07 Å². The molecule has 1 unspecified atom stereocenters. The molecule has 0 fully saturated rings. The minimum Gasteiger partial charge on any atom is -0.451 e. The number of nitrogens with one attached hydrogen (secondary N) is 1. The molecule has 1 N–H and O–H groups in total. The van der Waals surface area contributed by atoms with Crippen LogP contribution in [0.2, 0.25) is 0 Å². The van der Waals surface area contributed by atoms with E-state index in [-0.39, 0.29) is 17.5 Å². The number of esters is 1. The van der Waals surface area contributed by atoms with E-state index < -0.39 is 47.0 Å². The van der Waals surface area contributed by atoms with Crippen LogP contribution < -0.4 is 5.32 Å². The summed E-state index contributed by atoms with van der Waals surface area (Å²) in [5.74, 6) is -3.48. The van der Waals surface area contributed by atoms with Gasteiger partial charge in [-0.2, -0.15) is 5.26 Å². The van der Waals surface area contributed by atoms with E-state index in [1.807, 2.05) is 0 Å². The standard InChI is InChI=1S/C23H20N4O7S/c1-2-16(20(29)25-21-14(10-24)12-6-3-4-9-17(12)35-21)34-18(28)11-26-22(30)13-7-5-8-15(27(32)33)19(13)23(26)31/h5,7-8,16H,2-4,6,9,11H2,1H3,(H,25,29). The highest BCUT2D eigenvalue weighted by molar-refractivity contribution is 7.16. The van der Waals surface area contributed by atoms with Crippen LogP contribution in [0.1, 0.15) is 62.9 Å². The van der Waals surface area contributed by atoms with Crippen molar-refractivity contribution in [1.29, 1.82) is 5.26 Å². The van der Waals surface area contributed by atoms with E-state index in [4.69, 9.17) is 4.74 Å². The van der Waals surface area contributed by atoms with Gasteiger partial charge in [0, 0.05) is 10.9 Å². The van der Waals surface area contributed by atoms with E-state index in [9.17, 15) is 34.6 Å². The van der Waals surface area contributed by atoms with Crippen molar-refractivity contribution in [1.82, 2.24) is 4.90 Å². The average Bonchev–Trinajstić information content (AvgIpc) is 3.31. The first-order chi connectivity index (χ1) is 16.8. The molecule has 2 aromatic rings. The lowest BCUT2D eigenvalue weighted by Gasteiger charge is -2.18. The van der Waals surface area contributed by atoms with E-state index in [1.54, 1.807) is 6.92 Å². The number of ether oxygens (including phenoxy) is 1. The molecule has 0 radical (unpaired) electrons. The van der Waals surface area contributed by atoms with Gasteiger partial charge in [0.05, 0.1) is 16.1 Å². The maximum atomic E-state index is 12.8. The summed E-state index contributed by atoms with van der Waals surface area (Å²) < 4.78 is 5.24. The second-order valence-electron chi connectivity index (χ2n) is 8.06. The number of hydrogen-bond acceptors (Lipinski definition) is 9. The Labute approximate surface area is 203 Å². The maximum Gasteiger partial charge on any atom is 0.327 e. The fourth-order valence-electron chi connectivity index (χ4n) is 4.22. The van der Waals surface area contributed by atoms with E-state index in [0.717, 1.165) is 42.2 Å². The van der Waals surface area contributed by atoms with E-state index in [2.05, 4.69) is 11.4 Å². The summed E-state index contributed by atoms with van der Waals surface area (Å²) in [7, 11) is 0. The normalized spacial score (nSPS) is 15.1. The molecule has 0 saturated carbocycles. The van der Waals surface area contributed by atoms with Crippen molar-refractivity contribution in [2.75, 3.05) is 11.9 Å². The Morgan fingerprint density at radius 3 is 2.71 bits per heavy atom. The number of amides is 3. The van der Waals surface area contributed by atoms with Crippen molar-refractivity contribution in [3.63, 3.8) is 0 Å². The zero-order chi connectivity index (χ0) is 25.3. The van der Waals surface area contributed by atoms with Crippen molar-refractivity contribution < 1.29 is 28.8 Å². The molecular formula is C23H20N4O7S. The van der Waals surface area contributed by atoms with Crippen LogP contribution in [0.15, 0.2) is 18.2 Å². The number of fused-ring (bicyclic) bond motifs is 2. The Kier molecular flexibility index (Phi) is 6.61. The number of nitriles is 1. The number of anilines is 1. The minimum absolute atomic E-state index is 0.109. The molecular weight excluding hydrogens is 476 g/mol. The van der Waals surface area contributed by atoms with Gasteiger partial charge in [0.25, 0.3) is 23.4 Å². The van der Waals surface area contributed by atoms with Crippen LogP contribution >= 0.6 is 11.3 Å². The Balaban J connectivity index is 1.45. The van der Waals surface area contributed by atoms with Crippen molar-refractivity contribution in [2.45, 2.75) is 45.1 Å². The number of carbonyl (C=O) groups excluding carboxylic acids is 4. The number of benzene rings is 1. The highest BCUT2D eigenvalue weighted by Gasteiger charge is 2.42. The molecule has 2 heterocycles. The highest BCUT2D eigenvalue weighted by Crippen LogP contribution is 2.37. The lowest BCUT2D eigenvalue weighted by molar-refractivity contribution is -0.385. The first kappa shape index (κ1) is 24.0. The third kappa shape index (κ3) is 4.38. The molecule has 1 atom stereocenters. The van der Waals surface area contributed by atoms with Gasteiger partial charge in [-0.25, -0.2) is 0 Å². The molecule has 180 valence electrons. The van der Waals surface area contributed by atoms with Gasteiger partial charge in [-0.15, -0.1) is 11.3 Å². The van der Waals surface area contributed by atoms with Gasteiger partial charge >= 0.3 is 5.97 Å². The molecule has 35 heavy (non-hydrogen) atoms. The molecule has 11 nitrogen and oxygen atoms in total. The van der Waals surface area contributed by atoms with Crippen LogP contribution in [0.25, 0.3) is 0 Å². The molecule has 2 aliphatic rings. The predicted molar refractivity (Wildman–Crippen MR) is 123 cm³/mol. The SMILES string of the molecule is CCC(OC(=O)CN1C(=O)c2cccc([N+](=O)[O-])c2C1=O)C(=O)Nc1sc2c(c1C#N)CCCC2. The van der Waals surface area contributed by atoms with Crippen molar-refractivity contribution >= 4 is 45.7 Å². The van der Waals surface area contributed by atoms with Gasteiger partial charge in [-0.3, -0.25) is 34.2 Å². The number of rotatable bonds is 7. The first-order valence-corrected chi connectivity index (χ1v) is 11.8. The second-order valence-corrected chi connectivity index (χ2v) is 9.16. The van der Waals surface area contributed by atoms with Gasteiger partial charge in [0.2, 0.25) is 0 Å². The fraction of sp³-hybridized carbons (Fsp3) is 0.348. The van der Waals surface area contributed by atoms with E-state index in [1.165, 1.54) is 23.5 Å². The van der Waals surface area contributed by atoms with Crippen LogP contribution in [0.4, 0.5) is 10.7 Å². The molecule has 12 heteroatoms. The zero-order valence-corrected chi connectivity index (χ0v) is 19.5. The van der Waals surface area contributed by atoms with Gasteiger partial charge < -0.3 is 10.1 Å². The number of hydrogen-bond donors (Lipinski definition) is 1. The second kappa shape index (κ2) is 9.63. The monoisotopic (exact) mass is 496 g/mol. The molecule has 0 spiro atoms. The van der Waals surface area contributed by atoms with Gasteiger partial charge in [-0.1, -0.05) is 13.0 Å². The number of nitro groups is 1. The first-order valence-electron chi connectivity index (χ1n) is 10.9. The molecule has 1 aliphatic carbocycles. The molecule has 0 bridgehead atoms. The molecule has 1 aromatic heterocycles. The quantitative estimate of drug-likeness (QED) is 0.265. The van der Waals surface area contributed by atoms with Crippen LogP contribution in [-0.4, -0.2) is 46.2 Å². The zero-order valence-electron chi connectivity index (χ0n) is 18.7. The number of nitro benzene ring substituents is 1. The lowest BCUT2D eigenvalue weighted by atomic mass is 9.96. The molecule has 0 saturated heterocycles. The number of aryl methyl sites for hydroxylation is 1. The van der Waals surface area contributed by atoms with E-state index >= 15 is 0 Å². The third-order valence-corrected chi connectivity index (χ3v) is 7.12. The minimum atomic E-state index is -1.22. The molecule has 1 aliphatic heterocycles. The third-order valence-electron chi connectivity index (χ3n) is 5.92. The smallest absolute Gasteiger partial charge is 0.327 e. The Morgan fingerprint density at radius 2 is 2.03 bits per heavy atom. The summed E-state index contributed by atoms with van der Waals surface area (Å²) in [4.78, 5) is 62.7. The van der Waals surface area contributed by atoms with Crippen molar-refractivity contribution in [3.05, 3.63) is 55.4 Å². The fourth-order valence-corrected chi connectivity index (χ4v) is 5.47. The number of nitrogens with zero attached hydrogens (tertiary/aromatic N) is 3. The summed E-state index contributed by atoms with van der Waals surface area (Å²) >= 11 is 1.34. The summed E-state index contributed by atoms with van der Waals surface area (Å²) in [5.41, 5.74) is 0.281. The van der Waals surface area contributed by atoms with Crippen LogP contribution in [0.5, 0.6) is 0 Å². The number of thiophene rings is 1. The predicted octanol–water partition coefficient (Wildman–Crippen LogP) is 2.96. The van der Waals surface area contributed by atoms with E-state index in [0.29, 0.717) is 15.5 Å². The summed E-state index contributed by atoms with van der Waals surface area (Å²) in [6, 6.07) is 5.79. The largest absolute Gasteiger partial charge is 0.451 e. The van der Waals surface area contributed by atoms with Crippen molar-refractivity contribution in [2.24, 2.45) is 0 Å². The van der Waals surface area contributed by atoms with Gasteiger partial charge in [0.1, 0.15) is 23.2 Å². The topological polar surface area (TPSA) is 160 Å². The Morgan fingerprint density at radius 1 is 1.29 bits per heavy atom. The summed E-state index contributed by atoms with van der Waals surface area (Å²) in [6.45, 7) is 0.817. The van der Waals surface area contributed by atoms with Crippen LogP contribution in [0, 0.1) is 21.4 Å². The average molecular weight is 497 g/mol. The summed E-state index contributed by atoms with van der Waals surface area (Å²) in [5, 5.41) is 23.9. The Bertz CT molecular complexity index is 1310. The summed E-state index contributed by atoms with van der Waals surface area (Å²) in [6.07, 6.45) is 2.49. The lowest BCUT2D eigenvalue weighted by Crippen LogP contribution is -2.39. The van der Waals surface area contributed by atoms with Gasteiger partial charge in [-0.05, 0) is 43.7 Å². The van der Waals surface area contributed by atoms with Crippen LogP contribution in [-0.2, 0) is 27.2 Å². The highest BCUT2D eigenvalue weighted by atomic mass is 32.1. The van der Waals surface area contributed by atoms with Crippen LogP contribution in [0.3, 0.4) is 0 Å². The Hall–Kier alpha value is -4.11. The number of carbonyl (C=O) groups is 4. The molecule has 4 rings (SSSR count). The maximum absolute atomic E-state index is 12.8. The molecule has 3 amide bonds. The molecule has 1 aromatic carbocycles. The number of imide groups is 1. The van der Waals surface area contributed by atoms with Gasteiger partial charge in [0.15, 0.2) is 6.10 Å².